The topological polar surface area (TPSA) is 73.4 Å². The number of hydrogen-bond donors (Lipinski definition) is 1. The maximum atomic E-state index is 13.3. The number of rotatable bonds is 2. The first-order valence-corrected chi connectivity index (χ1v) is 7.84. The molecule has 0 amide bonds. The molecule has 0 fully saturated rings. The molecule has 3 rings (SSSR count). The van der Waals surface area contributed by atoms with Crippen molar-refractivity contribution in [3.8, 4) is 6.07 Å². The Hall–Kier alpha value is -2.65. The molecule has 1 unspecified atom stereocenters. The van der Waals surface area contributed by atoms with Gasteiger partial charge in [0.05, 0.1) is 17.6 Å². The van der Waals surface area contributed by atoms with Gasteiger partial charge in [0.25, 0.3) is 0 Å². The van der Waals surface area contributed by atoms with Crippen molar-refractivity contribution in [2.45, 2.75) is 25.2 Å². The summed E-state index contributed by atoms with van der Waals surface area (Å²) in [5.41, 5.74) is 8.73. The lowest BCUT2D eigenvalue weighted by atomic mass is 9.76. The highest BCUT2D eigenvalue weighted by Crippen LogP contribution is 2.44. The predicted octanol–water partition coefficient (Wildman–Crippen LogP) is 2.40. The van der Waals surface area contributed by atoms with E-state index >= 15 is 0 Å². The lowest BCUT2D eigenvalue weighted by molar-refractivity contribution is -0.116. The van der Waals surface area contributed by atoms with Crippen LogP contribution in [0.1, 0.15) is 30.7 Å². The fraction of sp³-hybridized carbons (Fsp3) is 0.333. The van der Waals surface area contributed by atoms with E-state index in [1.165, 1.54) is 12.1 Å². The van der Waals surface area contributed by atoms with E-state index in [1.54, 1.807) is 22.2 Å². The summed E-state index contributed by atoms with van der Waals surface area (Å²) in [6.45, 7) is 0. The number of carbonyl (C=O) groups is 1. The highest BCUT2D eigenvalue weighted by Gasteiger charge is 2.40. The first-order valence-electron chi connectivity index (χ1n) is 7.84. The standard InChI is InChI=1S/C18H19FN4O/c1-22(2)23-14-4-3-5-15(24)17(14)16(13(10-20)18(23)21)11-6-8-12(19)9-7-11/h6-9,16H,3-5,21H2,1-2H3. The summed E-state index contributed by atoms with van der Waals surface area (Å²) >= 11 is 0. The Balaban J connectivity index is 2.25. The average molecular weight is 326 g/mol. The van der Waals surface area contributed by atoms with Crippen LogP contribution in [0, 0.1) is 17.1 Å². The number of Topliss-reactive ketones (excluding diaryl/α,β-unsaturated/α-hetero) is 1. The Morgan fingerprint density at radius 2 is 1.96 bits per heavy atom. The van der Waals surface area contributed by atoms with Crippen molar-refractivity contribution in [3.05, 3.63) is 58.3 Å². The van der Waals surface area contributed by atoms with Gasteiger partial charge in [-0.25, -0.2) is 9.40 Å². The van der Waals surface area contributed by atoms with Gasteiger partial charge in [-0.05, 0) is 30.5 Å². The lowest BCUT2D eigenvalue weighted by Gasteiger charge is -2.42. The molecular formula is C18H19FN4O. The van der Waals surface area contributed by atoms with Crippen molar-refractivity contribution in [3.63, 3.8) is 0 Å². The van der Waals surface area contributed by atoms with Crippen LogP contribution in [0.2, 0.25) is 0 Å². The molecule has 6 heteroatoms. The van der Waals surface area contributed by atoms with Crippen LogP contribution in [-0.4, -0.2) is 29.9 Å². The average Bonchev–Trinajstić information content (AvgIpc) is 2.54. The third kappa shape index (κ3) is 2.47. The van der Waals surface area contributed by atoms with Crippen LogP contribution in [0.25, 0.3) is 0 Å². The van der Waals surface area contributed by atoms with Gasteiger partial charge in [-0.2, -0.15) is 5.26 Å². The van der Waals surface area contributed by atoms with E-state index in [-0.39, 0.29) is 11.6 Å². The number of nitrogens with two attached hydrogens (primary N) is 1. The van der Waals surface area contributed by atoms with Gasteiger partial charge in [-0.3, -0.25) is 9.80 Å². The van der Waals surface area contributed by atoms with Gasteiger partial charge < -0.3 is 5.73 Å². The maximum Gasteiger partial charge on any atom is 0.161 e. The van der Waals surface area contributed by atoms with E-state index < -0.39 is 5.92 Å². The second kappa shape index (κ2) is 6.10. The van der Waals surface area contributed by atoms with Crippen LogP contribution in [0.15, 0.2) is 46.9 Å². The molecule has 1 aliphatic heterocycles. The third-order valence-electron chi connectivity index (χ3n) is 4.49. The molecular weight excluding hydrogens is 307 g/mol. The van der Waals surface area contributed by atoms with Gasteiger partial charge in [-0.1, -0.05) is 12.1 Å². The quantitative estimate of drug-likeness (QED) is 0.903. The summed E-state index contributed by atoms with van der Waals surface area (Å²) in [6, 6.07) is 8.07. The first kappa shape index (κ1) is 16.2. The van der Waals surface area contributed by atoms with Gasteiger partial charge in [0.15, 0.2) is 5.78 Å². The second-order valence-electron chi connectivity index (χ2n) is 6.19. The van der Waals surface area contributed by atoms with Crippen LogP contribution in [0.4, 0.5) is 4.39 Å². The third-order valence-corrected chi connectivity index (χ3v) is 4.49. The molecule has 0 aromatic heterocycles. The first-order chi connectivity index (χ1) is 11.5. The van der Waals surface area contributed by atoms with Crippen molar-refractivity contribution in [1.82, 2.24) is 10.0 Å². The molecule has 1 atom stereocenters. The predicted molar refractivity (Wildman–Crippen MR) is 87.4 cm³/mol. The zero-order valence-corrected chi connectivity index (χ0v) is 13.7. The zero-order chi connectivity index (χ0) is 17.4. The van der Waals surface area contributed by atoms with Crippen molar-refractivity contribution >= 4 is 5.78 Å². The molecule has 0 saturated heterocycles. The monoisotopic (exact) mass is 326 g/mol. The summed E-state index contributed by atoms with van der Waals surface area (Å²) in [5.74, 6) is -0.540. The van der Waals surface area contributed by atoms with Gasteiger partial charge in [0, 0.05) is 31.8 Å². The van der Waals surface area contributed by atoms with Crippen molar-refractivity contribution < 1.29 is 9.18 Å². The Labute approximate surface area is 140 Å². The van der Waals surface area contributed by atoms with E-state index in [2.05, 4.69) is 6.07 Å². The van der Waals surface area contributed by atoms with Gasteiger partial charge in [0.2, 0.25) is 0 Å². The molecule has 24 heavy (non-hydrogen) atoms. The molecule has 1 aliphatic carbocycles. The summed E-state index contributed by atoms with van der Waals surface area (Å²) in [5, 5.41) is 13.2. The van der Waals surface area contributed by atoms with Crippen LogP contribution in [-0.2, 0) is 4.79 Å². The lowest BCUT2D eigenvalue weighted by Crippen LogP contribution is -2.45. The van der Waals surface area contributed by atoms with E-state index in [0.29, 0.717) is 29.0 Å². The van der Waals surface area contributed by atoms with E-state index in [1.807, 2.05) is 14.1 Å². The zero-order valence-electron chi connectivity index (χ0n) is 13.7. The smallest absolute Gasteiger partial charge is 0.161 e. The van der Waals surface area contributed by atoms with Crippen LogP contribution < -0.4 is 5.73 Å². The van der Waals surface area contributed by atoms with Gasteiger partial charge in [0.1, 0.15) is 11.6 Å². The minimum Gasteiger partial charge on any atom is -0.383 e. The number of nitriles is 1. The Kier molecular flexibility index (Phi) is 4.12. The van der Waals surface area contributed by atoms with E-state index in [9.17, 15) is 14.4 Å². The van der Waals surface area contributed by atoms with Crippen LogP contribution >= 0.6 is 0 Å². The SMILES string of the molecule is CN(C)N1C(N)=C(C#N)C(c2ccc(F)cc2)C2=C1CCCC2=O. The summed E-state index contributed by atoms with van der Waals surface area (Å²) in [7, 11) is 3.65. The van der Waals surface area contributed by atoms with Crippen LogP contribution in [0.5, 0.6) is 0 Å². The van der Waals surface area contributed by atoms with E-state index in [0.717, 1.165) is 18.5 Å². The number of carbonyl (C=O) groups excluding carboxylic acids is 1. The molecule has 0 bridgehead atoms. The minimum absolute atomic E-state index is 0.0256. The largest absolute Gasteiger partial charge is 0.383 e. The number of hydrazine groups is 1. The number of ketones is 1. The number of halogens is 1. The molecule has 1 aromatic carbocycles. The number of benzene rings is 1. The Bertz CT molecular complexity index is 786. The molecule has 0 radical (unpaired) electrons. The molecule has 124 valence electrons. The van der Waals surface area contributed by atoms with Crippen molar-refractivity contribution in [1.29, 1.82) is 5.26 Å². The normalized spacial score (nSPS) is 21.2. The Morgan fingerprint density at radius 1 is 1.29 bits per heavy atom. The van der Waals surface area contributed by atoms with Gasteiger partial charge in [-0.15, -0.1) is 0 Å². The molecule has 1 heterocycles. The molecule has 2 N–H and O–H groups in total. The fourth-order valence-corrected chi connectivity index (χ4v) is 3.51. The number of nitrogens with zero attached hydrogens (tertiary/aromatic N) is 3. The Morgan fingerprint density at radius 3 is 2.54 bits per heavy atom. The highest BCUT2D eigenvalue weighted by molar-refractivity contribution is 5.99. The fourth-order valence-electron chi connectivity index (χ4n) is 3.51. The summed E-state index contributed by atoms with van der Waals surface area (Å²) in [4.78, 5) is 12.7. The maximum absolute atomic E-state index is 13.3. The highest BCUT2D eigenvalue weighted by atomic mass is 19.1. The van der Waals surface area contributed by atoms with E-state index in [4.69, 9.17) is 5.73 Å². The molecule has 5 nitrogen and oxygen atoms in total. The molecule has 0 spiro atoms. The molecule has 1 aromatic rings. The summed E-state index contributed by atoms with van der Waals surface area (Å²) in [6.07, 6.45) is 1.93. The number of hydrogen-bond acceptors (Lipinski definition) is 5. The van der Waals surface area contributed by atoms with Crippen molar-refractivity contribution in [2.75, 3.05) is 14.1 Å². The molecule has 0 saturated carbocycles. The summed E-state index contributed by atoms with van der Waals surface area (Å²) < 4.78 is 13.3. The van der Waals surface area contributed by atoms with Crippen LogP contribution in [0.3, 0.4) is 0 Å². The van der Waals surface area contributed by atoms with Gasteiger partial charge >= 0.3 is 0 Å². The number of allylic oxidation sites excluding steroid dienone is 3. The van der Waals surface area contributed by atoms with Crippen molar-refractivity contribution in [2.24, 2.45) is 5.73 Å². The molecule has 2 aliphatic rings. The second-order valence-corrected chi connectivity index (χ2v) is 6.19. The minimum atomic E-state index is -0.533.